The predicted molar refractivity (Wildman–Crippen MR) is 184 cm³/mol. The number of hydrogen-bond donors (Lipinski definition) is 3. The van der Waals surface area contributed by atoms with Crippen LogP contribution < -0.4 is 10.5 Å². The van der Waals surface area contributed by atoms with Crippen LogP contribution in [0.15, 0.2) is 36.4 Å². The second-order valence-corrected chi connectivity index (χ2v) is 17.5. The van der Waals surface area contributed by atoms with Gasteiger partial charge in [-0.2, -0.15) is 0 Å². The van der Waals surface area contributed by atoms with Gasteiger partial charge in [-0.3, -0.25) is 10.2 Å². The first-order valence-corrected chi connectivity index (χ1v) is 18.2. The number of fused-ring (bicyclic) bond motifs is 7. The van der Waals surface area contributed by atoms with Crippen molar-refractivity contribution in [3.8, 4) is 5.75 Å². The van der Waals surface area contributed by atoms with Crippen molar-refractivity contribution in [2.45, 2.75) is 118 Å². The number of nitrogen functional groups attached to an aromatic ring is 1. The zero-order valence-corrected chi connectivity index (χ0v) is 29.4. The van der Waals surface area contributed by atoms with E-state index in [-0.39, 0.29) is 39.6 Å². The topological polar surface area (TPSA) is 106 Å². The summed E-state index contributed by atoms with van der Waals surface area (Å²) in [5.74, 6) is 3.13. The highest BCUT2D eigenvalue weighted by atomic mass is 16.5. The molecule has 5 aliphatic carbocycles. The van der Waals surface area contributed by atoms with Crippen LogP contribution in [0.2, 0.25) is 0 Å². The van der Waals surface area contributed by atoms with Crippen LogP contribution in [-0.2, 0) is 9.53 Å². The second-order valence-electron chi connectivity index (χ2n) is 17.5. The summed E-state index contributed by atoms with van der Waals surface area (Å²) in [5.41, 5.74) is 7.64. The number of nitrogens with one attached hydrogen (secondary N) is 1. The van der Waals surface area contributed by atoms with Crippen molar-refractivity contribution >= 4 is 11.8 Å². The van der Waals surface area contributed by atoms with Crippen molar-refractivity contribution in [3.63, 3.8) is 0 Å². The van der Waals surface area contributed by atoms with Crippen molar-refractivity contribution < 1.29 is 19.4 Å². The van der Waals surface area contributed by atoms with E-state index in [2.05, 4.69) is 48.1 Å². The van der Waals surface area contributed by atoms with E-state index in [9.17, 15) is 9.90 Å². The van der Waals surface area contributed by atoms with Crippen LogP contribution in [0.25, 0.3) is 0 Å². The van der Waals surface area contributed by atoms with Gasteiger partial charge in [0.25, 0.3) is 0 Å². The highest BCUT2D eigenvalue weighted by Gasteiger charge is 2.72. The highest BCUT2D eigenvalue weighted by molar-refractivity contribution is 5.94. The fourth-order valence-corrected chi connectivity index (χ4v) is 12.8. The number of allylic oxidation sites excluding steroid dienone is 1. The van der Waals surface area contributed by atoms with Crippen LogP contribution in [0, 0.1) is 62.1 Å². The predicted octanol–water partition coefficient (Wildman–Crippen LogP) is 8.30. The molecule has 6 heteroatoms. The Morgan fingerprint density at radius 3 is 2.30 bits per heavy atom. The van der Waals surface area contributed by atoms with Gasteiger partial charge in [-0.25, -0.2) is 0 Å². The second kappa shape index (κ2) is 11.7. The fourth-order valence-electron chi connectivity index (χ4n) is 12.8. The molecule has 0 saturated heterocycles. The molecule has 0 radical (unpaired) electrons. The summed E-state index contributed by atoms with van der Waals surface area (Å²) in [5, 5.41) is 18.6. The molecule has 0 amide bonds. The van der Waals surface area contributed by atoms with Gasteiger partial charge in [0.2, 0.25) is 0 Å². The van der Waals surface area contributed by atoms with Crippen LogP contribution >= 0.6 is 0 Å². The van der Waals surface area contributed by atoms with Gasteiger partial charge in [-0.1, -0.05) is 46.8 Å². The van der Waals surface area contributed by atoms with Crippen LogP contribution in [0.3, 0.4) is 0 Å². The SMILES string of the molecule is C=C(C)[C@@H]1CC[C@]2(C(=O)OCCCOc3ccc(C(=N)N)cc3)CC[C@]3(C)[C@H](CC[C@@H]4[C@@]5(C)CC[C@H](O)C(C)(C)[C@@H]5CC[C@]43C)[C@@H]12. The van der Waals surface area contributed by atoms with Gasteiger partial charge in [-0.15, -0.1) is 0 Å². The van der Waals surface area contributed by atoms with Gasteiger partial charge in [0, 0.05) is 12.0 Å². The number of aliphatic hydroxyl groups is 1. The van der Waals surface area contributed by atoms with Crippen molar-refractivity contribution in [2.24, 2.45) is 62.4 Å². The van der Waals surface area contributed by atoms with E-state index < -0.39 is 5.41 Å². The maximum absolute atomic E-state index is 14.2. The van der Waals surface area contributed by atoms with Crippen LogP contribution in [0.5, 0.6) is 5.75 Å². The summed E-state index contributed by atoms with van der Waals surface area (Å²) in [6, 6.07) is 7.21. The van der Waals surface area contributed by atoms with E-state index in [1.807, 2.05) is 12.1 Å². The number of benzene rings is 1. The first-order valence-electron chi connectivity index (χ1n) is 18.2. The van der Waals surface area contributed by atoms with Crippen molar-refractivity contribution in [3.05, 3.63) is 42.0 Å². The zero-order chi connectivity index (χ0) is 33.3. The molecule has 6 rings (SSSR count). The third-order valence-corrected chi connectivity index (χ3v) is 15.4. The molecular formula is C40H60N2O4. The molecule has 4 N–H and O–H groups in total. The highest BCUT2D eigenvalue weighted by Crippen LogP contribution is 2.77. The van der Waals surface area contributed by atoms with Gasteiger partial charge < -0.3 is 20.3 Å². The molecule has 5 fully saturated rings. The van der Waals surface area contributed by atoms with E-state index in [0.717, 1.165) is 44.3 Å². The first kappa shape index (κ1) is 33.6. The van der Waals surface area contributed by atoms with Gasteiger partial charge in [0.05, 0.1) is 24.7 Å². The fraction of sp³-hybridized carbons (Fsp3) is 0.750. The molecule has 1 aromatic rings. The quantitative estimate of drug-likeness (QED) is 0.0879. The number of carbonyl (C=O) groups excluding carboxylic acids is 1. The number of nitrogens with two attached hydrogens (primary N) is 1. The Bertz CT molecular complexity index is 1360. The van der Waals surface area contributed by atoms with E-state index in [4.69, 9.17) is 20.6 Å². The minimum Gasteiger partial charge on any atom is -0.493 e. The van der Waals surface area contributed by atoms with Gasteiger partial charge in [0.1, 0.15) is 11.6 Å². The molecule has 0 unspecified atom stereocenters. The molecule has 5 aliphatic rings. The molecule has 6 nitrogen and oxygen atoms in total. The number of hydrogen-bond acceptors (Lipinski definition) is 5. The molecule has 0 aromatic heterocycles. The van der Waals surface area contributed by atoms with Crippen molar-refractivity contribution in [1.82, 2.24) is 0 Å². The molecular weight excluding hydrogens is 572 g/mol. The van der Waals surface area contributed by atoms with E-state index >= 15 is 0 Å². The Balaban J connectivity index is 1.18. The third-order valence-electron chi connectivity index (χ3n) is 15.4. The zero-order valence-electron chi connectivity index (χ0n) is 29.4. The minimum absolute atomic E-state index is 0.0140. The molecule has 5 saturated carbocycles. The minimum atomic E-state index is -0.418. The summed E-state index contributed by atoms with van der Waals surface area (Å²) in [6.07, 6.45) is 11.3. The number of carbonyl (C=O) groups is 1. The van der Waals surface area contributed by atoms with Gasteiger partial charge in [0.15, 0.2) is 0 Å². The number of aliphatic hydroxyl groups excluding tert-OH is 1. The number of ether oxygens (including phenoxy) is 2. The summed E-state index contributed by atoms with van der Waals surface area (Å²) >= 11 is 0. The average molecular weight is 633 g/mol. The van der Waals surface area contributed by atoms with Gasteiger partial charge >= 0.3 is 5.97 Å². The Hall–Kier alpha value is -2.34. The van der Waals surface area contributed by atoms with E-state index in [0.29, 0.717) is 54.8 Å². The average Bonchev–Trinajstić information content (AvgIpc) is 3.41. The Morgan fingerprint density at radius 2 is 1.63 bits per heavy atom. The standard InChI is InChI=1S/C40H60N2O4/c1-25(2)28-15-20-40(35(44)46-24-8-23-45-27-11-9-26(10-12-27)34(41)42)22-21-38(6)29(33(28)40)13-14-31-37(5)18-17-32(43)36(3,4)30(37)16-19-39(31,38)7/h9-12,28-33,43H,1,8,13-24H2,2-7H3,(H3,41,42)/t28-,29+,30-,31+,32-,33+,37-,38+,39+,40-/m0/s1. The first-order chi connectivity index (χ1) is 21.6. The lowest BCUT2D eigenvalue weighted by Crippen LogP contribution is -2.67. The smallest absolute Gasteiger partial charge is 0.312 e. The Kier molecular flexibility index (Phi) is 8.51. The largest absolute Gasteiger partial charge is 0.493 e. The van der Waals surface area contributed by atoms with Crippen molar-refractivity contribution in [2.75, 3.05) is 13.2 Å². The number of esters is 1. The van der Waals surface area contributed by atoms with Crippen LogP contribution in [0.1, 0.15) is 118 Å². The molecule has 0 bridgehead atoms. The molecule has 46 heavy (non-hydrogen) atoms. The molecule has 0 aliphatic heterocycles. The normalized spacial score (nSPS) is 42.5. The van der Waals surface area contributed by atoms with E-state index in [1.165, 1.54) is 31.3 Å². The summed E-state index contributed by atoms with van der Waals surface area (Å²) < 4.78 is 12.0. The maximum atomic E-state index is 14.2. The van der Waals surface area contributed by atoms with Crippen LogP contribution in [0.4, 0.5) is 0 Å². The third kappa shape index (κ3) is 4.89. The molecule has 10 atom stereocenters. The lowest BCUT2D eigenvalue weighted by atomic mass is 9.32. The summed E-state index contributed by atoms with van der Waals surface area (Å²) in [6.45, 7) is 20.0. The lowest BCUT2D eigenvalue weighted by Gasteiger charge is -2.72. The molecule has 0 heterocycles. The molecule has 1 aromatic carbocycles. The number of rotatable bonds is 8. The van der Waals surface area contributed by atoms with E-state index in [1.54, 1.807) is 12.1 Å². The lowest BCUT2D eigenvalue weighted by molar-refractivity contribution is -0.248. The Labute approximate surface area is 277 Å². The van der Waals surface area contributed by atoms with Crippen molar-refractivity contribution in [1.29, 1.82) is 5.41 Å². The summed E-state index contributed by atoms with van der Waals surface area (Å²) in [7, 11) is 0. The monoisotopic (exact) mass is 632 g/mol. The van der Waals surface area contributed by atoms with Crippen LogP contribution in [-0.4, -0.2) is 36.2 Å². The molecule has 0 spiro atoms. The summed E-state index contributed by atoms with van der Waals surface area (Å²) in [4.78, 5) is 14.2. The molecule has 254 valence electrons. The van der Waals surface area contributed by atoms with Gasteiger partial charge in [-0.05, 0) is 147 Å². The Morgan fingerprint density at radius 1 is 0.913 bits per heavy atom. The maximum Gasteiger partial charge on any atom is 0.312 e. The number of amidine groups is 1.